The van der Waals surface area contributed by atoms with Crippen LogP contribution in [0, 0.1) is 15.9 Å². The highest BCUT2D eigenvalue weighted by Crippen LogP contribution is 2.26. The molecule has 28 heavy (non-hydrogen) atoms. The molecule has 1 aromatic heterocycles. The van der Waals surface area contributed by atoms with E-state index in [0.29, 0.717) is 41.2 Å². The molecule has 0 aliphatic heterocycles. The summed E-state index contributed by atoms with van der Waals surface area (Å²) in [7, 11) is 0. The zero-order chi connectivity index (χ0) is 19.9. The van der Waals surface area contributed by atoms with Crippen LogP contribution >= 0.6 is 11.8 Å². The number of nitrogens with zero attached hydrogens (tertiary/aromatic N) is 4. The van der Waals surface area contributed by atoms with Gasteiger partial charge in [0.1, 0.15) is 11.6 Å². The van der Waals surface area contributed by atoms with E-state index in [9.17, 15) is 14.5 Å². The summed E-state index contributed by atoms with van der Waals surface area (Å²) in [5.74, 6) is 1.02. The first-order valence-electron chi connectivity index (χ1n) is 8.39. The second kappa shape index (κ2) is 9.14. The molecule has 0 bridgehead atoms. The second-order valence-corrected chi connectivity index (χ2v) is 6.70. The van der Waals surface area contributed by atoms with E-state index in [2.05, 4.69) is 16.8 Å². The first-order chi connectivity index (χ1) is 13.6. The monoisotopic (exact) mass is 400 g/mol. The number of allylic oxidation sites excluding steroid dienone is 1. The van der Waals surface area contributed by atoms with Gasteiger partial charge in [0.05, 0.1) is 23.2 Å². The lowest BCUT2D eigenvalue weighted by molar-refractivity contribution is -0.384. The van der Waals surface area contributed by atoms with Gasteiger partial charge in [-0.25, -0.2) is 4.39 Å². The molecule has 0 aliphatic carbocycles. The Morgan fingerprint density at radius 1 is 1.25 bits per heavy atom. The predicted octanol–water partition coefficient (Wildman–Crippen LogP) is 4.35. The first-order valence-corrected chi connectivity index (χ1v) is 9.37. The van der Waals surface area contributed by atoms with Crippen LogP contribution in [0.25, 0.3) is 11.4 Å². The molecule has 0 atom stereocenters. The number of nitro groups is 1. The van der Waals surface area contributed by atoms with Crippen molar-refractivity contribution >= 4 is 17.4 Å². The third kappa shape index (κ3) is 4.55. The lowest BCUT2D eigenvalue weighted by atomic mass is 10.2. The number of nitro benzene ring substituents is 1. The molecule has 0 saturated heterocycles. The van der Waals surface area contributed by atoms with Gasteiger partial charge < -0.3 is 4.74 Å². The molecular weight excluding hydrogens is 383 g/mol. The molecule has 0 aliphatic rings. The number of benzene rings is 2. The number of ether oxygens (including phenoxy) is 1. The summed E-state index contributed by atoms with van der Waals surface area (Å²) >= 11 is 1.40. The number of rotatable bonds is 9. The minimum absolute atomic E-state index is 0.0228. The summed E-state index contributed by atoms with van der Waals surface area (Å²) in [5, 5.41) is 19.7. The normalized spacial score (nSPS) is 10.6. The third-order valence-corrected chi connectivity index (χ3v) is 4.69. The Kier molecular flexibility index (Phi) is 6.38. The molecule has 2 aromatic carbocycles. The standard InChI is InChI=1S/C19H17FN4O3S/c1-2-10-23-18(16-8-3-4-9-17(16)20)21-22-19(23)28-12-11-27-15-7-5-6-14(13-15)24(25)26/h2-9,13H,1,10-12H2. The molecule has 3 aromatic rings. The van der Waals surface area contributed by atoms with E-state index in [1.54, 1.807) is 41.0 Å². The Morgan fingerprint density at radius 3 is 2.82 bits per heavy atom. The number of non-ortho nitro benzene ring substituents is 1. The number of aromatic nitrogens is 3. The van der Waals surface area contributed by atoms with Crippen molar-refractivity contribution in [3.63, 3.8) is 0 Å². The van der Waals surface area contributed by atoms with E-state index in [-0.39, 0.29) is 11.5 Å². The Hall–Kier alpha value is -3.20. The minimum Gasteiger partial charge on any atom is -0.492 e. The van der Waals surface area contributed by atoms with Gasteiger partial charge in [-0.15, -0.1) is 16.8 Å². The molecule has 0 fully saturated rings. The molecule has 0 unspecified atom stereocenters. The SMILES string of the molecule is C=CCn1c(SCCOc2cccc([N+](=O)[O-])c2)nnc1-c1ccccc1F. The van der Waals surface area contributed by atoms with Crippen LogP contribution in [0.5, 0.6) is 5.75 Å². The lowest BCUT2D eigenvalue weighted by Gasteiger charge is -2.09. The van der Waals surface area contributed by atoms with Gasteiger partial charge in [-0.3, -0.25) is 14.7 Å². The van der Waals surface area contributed by atoms with Gasteiger partial charge in [-0.1, -0.05) is 36.0 Å². The van der Waals surface area contributed by atoms with E-state index < -0.39 is 4.92 Å². The van der Waals surface area contributed by atoms with Crippen LogP contribution in [0.3, 0.4) is 0 Å². The van der Waals surface area contributed by atoms with E-state index >= 15 is 0 Å². The van der Waals surface area contributed by atoms with Crippen molar-refractivity contribution in [1.29, 1.82) is 0 Å². The van der Waals surface area contributed by atoms with E-state index in [1.807, 2.05) is 0 Å². The largest absolute Gasteiger partial charge is 0.492 e. The van der Waals surface area contributed by atoms with Crippen molar-refractivity contribution < 1.29 is 14.1 Å². The van der Waals surface area contributed by atoms with Gasteiger partial charge in [0.25, 0.3) is 5.69 Å². The Morgan fingerprint density at radius 2 is 2.07 bits per heavy atom. The molecule has 0 N–H and O–H groups in total. The highest BCUT2D eigenvalue weighted by atomic mass is 32.2. The molecule has 9 heteroatoms. The van der Waals surface area contributed by atoms with Gasteiger partial charge >= 0.3 is 0 Å². The Labute approximate surface area is 165 Å². The van der Waals surface area contributed by atoms with Crippen molar-refractivity contribution in [1.82, 2.24) is 14.8 Å². The van der Waals surface area contributed by atoms with Gasteiger partial charge in [0.2, 0.25) is 0 Å². The maximum Gasteiger partial charge on any atom is 0.273 e. The number of hydrogen-bond acceptors (Lipinski definition) is 6. The van der Waals surface area contributed by atoms with Crippen molar-refractivity contribution in [2.75, 3.05) is 12.4 Å². The Bertz CT molecular complexity index is 993. The van der Waals surface area contributed by atoms with Crippen molar-refractivity contribution in [2.24, 2.45) is 0 Å². The molecule has 3 rings (SSSR count). The zero-order valence-electron chi connectivity index (χ0n) is 14.8. The van der Waals surface area contributed by atoms with E-state index in [0.717, 1.165) is 0 Å². The van der Waals surface area contributed by atoms with E-state index in [1.165, 1.54) is 30.0 Å². The highest BCUT2D eigenvalue weighted by molar-refractivity contribution is 7.99. The molecule has 144 valence electrons. The summed E-state index contributed by atoms with van der Waals surface area (Å²) in [6.07, 6.45) is 1.69. The number of thioether (sulfide) groups is 1. The van der Waals surface area contributed by atoms with Crippen LogP contribution < -0.4 is 4.74 Å². The summed E-state index contributed by atoms with van der Waals surface area (Å²) in [4.78, 5) is 10.3. The quantitative estimate of drug-likeness (QED) is 0.175. The molecular formula is C19H17FN4O3S. The summed E-state index contributed by atoms with van der Waals surface area (Å²) < 4.78 is 21.5. The molecule has 0 radical (unpaired) electrons. The fraction of sp³-hybridized carbons (Fsp3) is 0.158. The summed E-state index contributed by atoms with van der Waals surface area (Å²) in [6.45, 7) is 4.49. The van der Waals surface area contributed by atoms with Crippen LogP contribution in [0.2, 0.25) is 0 Å². The molecule has 0 spiro atoms. The molecule has 7 nitrogen and oxygen atoms in total. The Balaban J connectivity index is 1.66. The van der Waals surface area contributed by atoms with Crippen LogP contribution in [-0.4, -0.2) is 32.0 Å². The third-order valence-electron chi connectivity index (χ3n) is 3.75. The van der Waals surface area contributed by atoms with Crippen LogP contribution in [-0.2, 0) is 6.54 Å². The highest BCUT2D eigenvalue weighted by Gasteiger charge is 2.16. The van der Waals surface area contributed by atoms with Gasteiger partial charge in [-0.05, 0) is 18.2 Å². The topological polar surface area (TPSA) is 83.1 Å². The van der Waals surface area contributed by atoms with E-state index in [4.69, 9.17) is 4.74 Å². The average Bonchev–Trinajstić information content (AvgIpc) is 3.08. The fourth-order valence-electron chi connectivity index (χ4n) is 2.51. The molecule has 0 saturated carbocycles. The summed E-state index contributed by atoms with van der Waals surface area (Å²) in [6, 6.07) is 12.4. The number of hydrogen-bond donors (Lipinski definition) is 0. The maximum absolute atomic E-state index is 14.1. The fourth-order valence-corrected chi connectivity index (χ4v) is 3.27. The van der Waals surface area contributed by atoms with Crippen molar-refractivity contribution in [3.8, 4) is 17.1 Å². The lowest BCUT2D eigenvalue weighted by Crippen LogP contribution is -2.04. The maximum atomic E-state index is 14.1. The predicted molar refractivity (Wildman–Crippen MR) is 105 cm³/mol. The average molecular weight is 400 g/mol. The first kappa shape index (κ1) is 19.6. The van der Waals surface area contributed by atoms with Gasteiger partial charge in [0.15, 0.2) is 11.0 Å². The summed E-state index contributed by atoms with van der Waals surface area (Å²) in [5.41, 5.74) is 0.349. The van der Waals surface area contributed by atoms with Crippen LogP contribution in [0.1, 0.15) is 0 Å². The minimum atomic E-state index is -0.469. The zero-order valence-corrected chi connectivity index (χ0v) is 15.6. The van der Waals surface area contributed by atoms with Crippen LogP contribution in [0.4, 0.5) is 10.1 Å². The smallest absolute Gasteiger partial charge is 0.273 e. The van der Waals surface area contributed by atoms with Crippen molar-refractivity contribution in [3.05, 3.63) is 77.1 Å². The number of halogens is 1. The van der Waals surface area contributed by atoms with Gasteiger partial charge in [-0.2, -0.15) is 0 Å². The van der Waals surface area contributed by atoms with Crippen molar-refractivity contribution in [2.45, 2.75) is 11.7 Å². The molecule has 1 heterocycles. The molecule has 0 amide bonds. The second-order valence-electron chi connectivity index (χ2n) is 5.64. The van der Waals surface area contributed by atoms with Gasteiger partial charge in [0, 0.05) is 18.4 Å². The van der Waals surface area contributed by atoms with Crippen LogP contribution in [0.15, 0.2) is 66.3 Å².